The van der Waals surface area contributed by atoms with Crippen molar-refractivity contribution in [3.63, 3.8) is 0 Å². The fourth-order valence-electron chi connectivity index (χ4n) is 4.50. The molecule has 0 radical (unpaired) electrons. The summed E-state index contributed by atoms with van der Waals surface area (Å²) in [6.45, 7) is 3.10. The zero-order valence-electron chi connectivity index (χ0n) is 17.5. The predicted molar refractivity (Wildman–Crippen MR) is 119 cm³/mol. The third-order valence-electron chi connectivity index (χ3n) is 6.31. The van der Waals surface area contributed by atoms with E-state index in [0.717, 1.165) is 48.2 Å². The van der Waals surface area contributed by atoms with Crippen molar-refractivity contribution in [3.8, 4) is 11.1 Å². The van der Waals surface area contributed by atoms with Gasteiger partial charge in [-0.1, -0.05) is 42.5 Å². The Balaban J connectivity index is 1.22. The summed E-state index contributed by atoms with van der Waals surface area (Å²) in [6.07, 6.45) is 4.86. The molecule has 0 bridgehead atoms. The highest BCUT2D eigenvalue weighted by molar-refractivity contribution is 5.96. The van der Waals surface area contributed by atoms with E-state index in [0.29, 0.717) is 31.7 Å². The van der Waals surface area contributed by atoms with Crippen LogP contribution in [-0.2, 0) is 13.0 Å². The van der Waals surface area contributed by atoms with Gasteiger partial charge < -0.3 is 9.80 Å². The van der Waals surface area contributed by atoms with E-state index in [1.165, 1.54) is 0 Å². The van der Waals surface area contributed by atoms with Gasteiger partial charge in [-0.15, -0.1) is 0 Å². The summed E-state index contributed by atoms with van der Waals surface area (Å²) in [5, 5.41) is 4.39. The topological polar surface area (TPSA) is 58.4 Å². The SMILES string of the molecule is O=C(c1ccc(-c2ccccc2)cc1)N1CCN(C(=O)c2cnn3c2CCCC3)CC1. The molecular weight excluding hydrogens is 388 g/mol. The maximum Gasteiger partial charge on any atom is 0.257 e. The number of hydrogen-bond donors (Lipinski definition) is 0. The van der Waals surface area contributed by atoms with E-state index >= 15 is 0 Å². The molecule has 1 saturated heterocycles. The Hall–Kier alpha value is -3.41. The molecule has 0 spiro atoms. The van der Waals surface area contributed by atoms with Crippen LogP contribution < -0.4 is 0 Å². The number of amides is 2. The van der Waals surface area contributed by atoms with Crippen molar-refractivity contribution in [2.24, 2.45) is 0 Å². The van der Waals surface area contributed by atoms with Gasteiger partial charge in [0.25, 0.3) is 11.8 Å². The van der Waals surface area contributed by atoms with Crippen LogP contribution >= 0.6 is 0 Å². The van der Waals surface area contributed by atoms with Crippen LogP contribution in [0.15, 0.2) is 60.8 Å². The fraction of sp³-hybridized carbons (Fsp3) is 0.320. The third-order valence-corrected chi connectivity index (χ3v) is 6.31. The van der Waals surface area contributed by atoms with E-state index in [-0.39, 0.29) is 11.8 Å². The van der Waals surface area contributed by atoms with Crippen LogP contribution in [0.1, 0.15) is 39.3 Å². The van der Waals surface area contributed by atoms with Crippen molar-refractivity contribution < 1.29 is 9.59 Å². The second-order valence-corrected chi connectivity index (χ2v) is 8.21. The first-order valence-corrected chi connectivity index (χ1v) is 11.0. The summed E-state index contributed by atoms with van der Waals surface area (Å²) in [5.41, 5.74) is 4.71. The maximum atomic E-state index is 13.0. The number of hydrogen-bond acceptors (Lipinski definition) is 3. The Morgan fingerprint density at radius 1 is 0.710 bits per heavy atom. The molecule has 6 heteroatoms. The minimum atomic E-state index is 0.0228. The van der Waals surface area contributed by atoms with Crippen LogP contribution in [0, 0.1) is 0 Å². The molecule has 0 saturated carbocycles. The molecule has 3 aromatic rings. The van der Waals surface area contributed by atoms with Gasteiger partial charge in [0, 0.05) is 38.3 Å². The molecule has 2 aliphatic heterocycles. The van der Waals surface area contributed by atoms with Crippen molar-refractivity contribution in [2.75, 3.05) is 26.2 Å². The molecule has 0 N–H and O–H groups in total. The maximum absolute atomic E-state index is 13.0. The van der Waals surface area contributed by atoms with Gasteiger partial charge in [-0.2, -0.15) is 5.10 Å². The van der Waals surface area contributed by atoms with Crippen molar-refractivity contribution in [2.45, 2.75) is 25.8 Å². The number of carbonyl (C=O) groups excluding carboxylic acids is 2. The zero-order valence-corrected chi connectivity index (χ0v) is 17.5. The van der Waals surface area contributed by atoms with E-state index in [1.807, 2.05) is 56.9 Å². The number of carbonyl (C=O) groups is 2. The van der Waals surface area contributed by atoms with E-state index < -0.39 is 0 Å². The van der Waals surface area contributed by atoms with Gasteiger partial charge in [0.05, 0.1) is 17.5 Å². The van der Waals surface area contributed by atoms with Gasteiger partial charge in [0.2, 0.25) is 0 Å². The molecule has 158 valence electrons. The molecule has 3 heterocycles. The first-order chi connectivity index (χ1) is 15.2. The van der Waals surface area contributed by atoms with Gasteiger partial charge in [-0.3, -0.25) is 14.3 Å². The molecule has 5 rings (SSSR count). The highest BCUT2D eigenvalue weighted by atomic mass is 16.2. The largest absolute Gasteiger partial charge is 0.335 e. The summed E-state index contributed by atoms with van der Waals surface area (Å²) < 4.78 is 1.97. The Morgan fingerprint density at radius 2 is 1.35 bits per heavy atom. The van der Waals surface area contributed by atoms with Crippen molar-refractivity contribution in [1.29, 1.82) is 0 Å². The molecule has 1 aromatic heterocycles. The quantitative estimate of drug-likeness (QED) is 0.659. The Morgan fingerprint density at radius 3 is 2.06 bits per heavy atom. The van der Waals surface area contributed by atoms with E-state index in [9.17, 15) is 9.59 Å². The number of piperazine rings is 1. The highest BCUT2D eigenvalue weighted by Crippen LogP contribution is 2.22. The summed E-state index contributed by atoms with van der Waals surface area (Å²) in [6, 6.07) is 17.9. The first kappa shape index (κ1) is 19.5. The van der Waals surface area contributed by atoms with Gasteiger partial charge in [-0.05, 0) is 42.5 Å². The monoisotopic (exact) mass is 414 g/mol. The van der Waals surface area contributed by atoms with Crippen molar-refractivity contribution in [3.05, 3.63) is 77.6 Å². The van der Waals surface area contributed by atoms with Crippen LogP contribution in [0.5, 0.6) is 0 Å². The smallest absolute Gasteiger partial charge is 0.257 e. The molecule has 2 aromatic carbocycles. The molecule has 0 atom stereocenters. The van der Waals surface area contributed by atoms with Gasteiger partial charge in [0.15, 0.2) is 0 Å². The summed E-state index contributed by atoms with van der Waals surface area (Å²) >= 11 is 0. The average Bonchev–Trinajstić information content (AvgIpc) is 3.28. The number of benzene rings is 2. The van der Waals surface area contributed by atoms with Crippen LogP contribution in [0.2, 0.25) is 0 Å². The van der Waals surface area contributed by atoms with Crippen LogP contribution in [0.3, 0.4) is 0 Å². The van der Waals surface area contributed by atoms with Crippen molar-refractivity contribution in [1.82, 2.24) is 19.6 Å². The number of rotatable bonds is 3. The van der Waals surface area contributed by atoms with Gasteiger partial charge in [0.1, 0.15) is 0 Å². The number of aryl methyl sites for hydroxylation is 1. The van der Waals surface area contributed by atoms with Gasteiger partial charge in [-0.25, -0.2) is 0 Å². The lowest BCUT2D eigenvalue weighted by Gasteiger charge is -2.35. The first-order valence-electron chi connectivity index (χ1n) is 11.0. The predicted octanol–water partition coefficient (Wildman–Crippen LogP) is 3.48. The van der Waals surface area contributed by atoms with Crippen molar-refractivity contribution >= 4 is 11.8 Å². The second-order valence-electron chi connectivity index (χ2n) is 8.21. The Labute approximate surface area is 182 Å². The van der Waals surface area contributed by atoms with Gasteiger partial charge >= 0.3 is 0 Å². The minimum Gasteiger partial charge on any atom is -0.335 e. The molecule has 0 unspecified atom stereocenters. The minimum absolute atomic E-state index is 0.0228. The number of aromatic nitrogens is 2. The lowest BCUT2D eigenvalue weighted by Crippen LogP contribution is -2.50. The summed E-state index contributed by atoms with van der Waals surface area (Å²) in [5.74, 6) is 0.0667. The molecule has 2 aliphatic rings. The molecular formula is C25H26N4O2. The number of nitrogens with zero attached hydrogens (tertiary/aromatic N) is 4. The molecule has 31 heavy (non-hydrogen) atoms. The lowest BCUT2D eigenvalue weighted by atomic mass is 10.0. The van der Waals surface area contributed by atoms with E-state index in [4.69, 9.17) is 0 Å². The average molecular weight is 415 g/mol. The molecule has 6 nitrogen and oxygen atoms in total. The van der Waals surface area contributed by atoms with Crippen LogP contribution in [-0.4, -0.2) is 57.6 Å². The van der Waals surface area contributed by atoms with E-state index in [2.05, 4.69) is 17.2 Å². The zero-order chi connectivity index (χ0) is 21.2. The standard InChI is InChI=1S/C25H26N4O2/c30-24(21-11-9-20(10-12-21)19-6-2-1-3-7-19)27-14-16-28(17-15-27)25(31)22-18-26-29-13-5-4-8-23(22)29/h1-3,6-7,9-12,18H,4-5,8,13-17H2. The third kappa shape index (κ3) is 3.85. The molecule has 1 fully saturated rings. The Kier molecular flexibility index (Phi) is 5.28. The van der Waals surface area contributed by atoms with Crippen LogP contribution in [0.4, 0.5) is 0 Å². The Bertz CT molecular complexity index is 1080. The van der Waals surface area contributed by atoms with E-state index in [1.54, 1.807) is 6.20 Å². The highest BCUT2D eigenvalue weighted by Gasteiger charge is 2.28. The lowest BCUT2D eigenvalue weighted by molar-refractivity contribution is 0.0534. The summed E-state index contributed by atoms with van der Waals surface area (Å²) in [4.78, 5) is 29.7. The summed E-state index contributed by atoms with van der Waals surface area (Å²) in [7, 11) is 0. The fourth-order valence-corrected chi connectivity index (χ4v) is 4.50. The molecule has 2 amide bonds. The molecule has 0 aliphatic carbocycles. The number of fused-ring (bicyclic) bond motifs is 1. The van der Waals surface area contributed by atoms with Crippen LogP contribution in [0.25, 0.3) is 11.1 Å². The normalized spacial score (nSPS) is 16.1. The second kappa shape index (κ2) is 8.38.